The molecule has 40 heavy (non-hydrogen) atoms. The molecule has 1 aromatic carbocycles. The first-order valence-electron chi connectivity index (χ1n) is 14.5. The first kappa shape index (κ1) is 28.4. The number of carbonyl (C=O) groups excluding carboxylic acids is 2. The number of amides is 1. The third kappa shape index (κ3) is 6.29. The van der Waals surface area contributed by atoms with Crippen molar-refractivity contribution in [3.8, 4) is 5.75 Å². The zero-order valence-electron chi connectivity index (χ0n) is 23.8. The quantitative estimate of drug-likeness (QED) is 0.385. The van der Waals surface area contributed by atoms with E-state index in [1.807, 2.05) is 12.3 Å². The summed E-state index contributed by atoms with van der Waals surface area (Å²) < 4.78 is 11.8. The summed E-state index contributed by atoms with van der Waals surface area (Å²) in [6.45, 7) is 6.54. The molecular weight excluding hydrogens is 508 g/mol. The Morgan fingerprint density at radius 3 is 2.73 bits per heavy atom. The van der Waals surface area contributed by atoms with Gasteiger partial charge in [-0.05, 0) is 74.5 Å². The summed E-state index contributed by atoms with van der Waals surface area (Å²) in [5, 5.41) is 6.07. The standard InChI is InChI=1S/C30H42N6O4/c1-31-28(38)26(6-5-15-37)33-18-22-16-25-27(17-23(22)20-39-2)40-21-30(25)8-13-35(14-9-30)19-24-7-10-32-29(34-24)36-11-3-4-12-36/h7,10,15-17,26,33H,3-6,8-9,11-14,18-21H2,1-2H3,(H,31,38). The Morgan fingerprint density at radius 2 is 2.00 bits per heavy atom. The number of rotatable bonds is 12. The fourth-order valence-corrected chi connectivity index (χ4v) is 6.24. The zero-order chi connectivity index (χ0) is 28.0. The van der Waals surface area contributed by atoms with Gasteiger partial charge in [0.05, 0.1) is 24.9 Å². The fourth-order valence-electron chi connectivity index (χ4n) is 6.24. The highest BCUT2D eigenvalue weighted by Gasteiger charge is 2.43. The monoisotopic (exact) mass is 550 g/mol. The molecule has 0 saturated carbocycles. The summed E-state index contributed by atoms with van der Waals surface area (Å²) in [6, 6.07) is 5.97. The van der Waals surface area contributed by atoms with Gasteiger partial charge in [-0.1, -0.05) is 0 Å². The number of ether oxygens (including phenoxy) is 2. The molecule has 0 bridgehead atoms. The number of likely N-dealkylation sites (N-methyl/N-ethyl adjacent to an activating group) is 1. The van der Waals surface area contributed by atoms with Crippen LogP contribution >= 0.6 is 0 Å². The lowest BCUT2D eigenvalue weighted by atomic mass is 9.73. The van der Waals surface area contributed by atoms with Crippen LogP contribution < -0.4 is 20.3 Å². The number of nitrogens with zero attached hydrogens (tertiary/aromatic N) is 4. The van der Waals surface area contributed by atoms with Crippen LogP contribution in [0.25, 0.3) is 0 Å². The van der Waals surface area contributed by atoms with Gasteiger partial charge in [-0.2, -0.15) is 0 Å². The van der Waals surface area contributed by atoms with Gasteiger partial charge in [-0.25, -0.2) is 9.97 Å². The van der Waals surface area contributed by atoms with Crippen molar-refractivity contribution in [1.82, 2.24) is 25.5 Å². The largest absolute Gasteiger partial charge is 0.492 e. The summed E-state index contributed by atoms with van der Waals surface area (Å²) in [5.74, 6) is 1.69. The molecule has 3 aliphatic heterocycles. The summed E-state index contributed by atoms with van der Waals surface area (Å²) in [7, 11) is 3.31. The lowest BCUT2D eigenvalue weighted by molar-refractivity contribution is -0.122. The Kier molecular flexibility index (Phi) is 9.29. The number of anilines is 1. The fraction of sp³-hybridized carbons (Fsp3) is 0.600. The number of carbonyl (C=O) groups is 2. The van der Waals surface area contributed by atoms with Crippen molar-refractivity contribution < 1.29 is 19.1 Å². The number of piperidine rings is 1. The minimum Gasteiger partial charge on any atom is -0.492 e. The summed E-state index contributed by atoms with van der Waals surface area (Å²) in [5.41, 5.74) is 4.46. The molecule has 1 amide bonds. The van der Waals surface area contributed by atoms with E-state index in [2.05, 4.69) is 37.6 Å². The lowest BCUT2D eigenvalue weighted by Gasteiger charge is -2.38. The van der Waals surface area contributed by atoms with Gasteiger partial charge >= 0.3 is 0 Å². The van der Waals surface area contributed by atoms with Crippen molar-refractivity contribution >= 4 is 18.1 Å². The van der Waals surface area contributed by atoms with E-state index in [0.717, 1.165) is 80.4 Å². The molecule has 216 valence electrons. The Bertz CT molecular complexity index is 1180. The summed E-state index contributed by atoms with van der Waals surface area (Å²) >= 11 is 0. The molecule has 3 aliphatic rings. The molecular formula is C30H42N6O4. The predicted molar refractivity (Wildman–Crippen MR) is 152 cm³/mol. The molecule has 1 spiro atoms. The van der Waals surface area contributed by atoms with Gasteiger partial charge in [0.15, 0.2) is 0 Å². The second-order valence-electron chi connectivity index (χ2n) is 11.2. The van der Waals surface area contributed by atoms with E-state index in [1.54, 1.807) is 14.2 Å². The van der Waals surface area contributed by atoms with Crippen LogP contribution in [0.5, 0.6) is 5.75 Å². The lowest BCUT2D eigenvalue weighted by Crippen LogP contribution is -2.43. The molecule has 0 radical (unpaired) electrons. The first-order chi connectivity index (χ1) is 19.5. The third-order valence-corrected chi connectivity index (χ3v) is 8.64. The van der Waals surface area contributed by atoms with Crippen LogP contribution in [-0.4, -0.2) is 80.0 Å². The van der Waals surface area contributed by atoms with E-state index in [4.69, 9.17) is 14.5 Å². The number of aromatic nitrogens is 2. The normalized spacial score (nSPS) is 18.9. The molecule has 2 aromatic rings. The molecule has 1 unspecified atom stereocenters. The van der Waals surface area contributed by atoms with Gasteiger partial charge in [-0.3, -0.25) is 9.69 Å². The number of aldehydes is 1. The number of methoxy groups -OCH3 is 1. The van der Waals surface area contributed by atoms with Crippen LogP contribution in [-0.2, 0) is 39.4 Å². The number of hydrogen-bond acceptors (Lipinski definition) is 9. The molecule has 5 rings (SSSR count). The van der Waals surface area contributed by atoms with Crippen LogP contribution in [0.3, 0.4) is 0 Å². The van der Waals surface area contributed by atoms with Crippen LogP contribution in [0, 0.1) is 0 Å². The van der Waals surface area contributed by atoms with Crippen molar-refractivity contribution in [3.05, 3.63) is 46.8 Å². The first-order valence-corrected chi connectivity index (χ1v) is 14.5. The smallest absolute Gasteiger partial charge is 0.236 e. The number of hydrogen-bond donors (Lipinski definition) is 2. The van der Waals surface area contributed by atoms with Crippen molar-refractivity contribution in [2.45, 2.75) is 69.7 Å². The second-order valence-corrected chi connectivity index (χ2v) is 11.2. The Balaban J connectivity index is 1.27. The molecule has 1 atom stereocenters. The van der Waals surface area contributed by atoms with Crippen molar-refractivity contribution in [2.24, 2.45) is 0 Å². The second kappa shape index (κ2) is 13.1. The number of fused-ring (bicyclic) bond motifs is 2. The summed E-state index contributed by atoms with van der Waals surface area (Å²) in [6.07, 6.45) is 8.00. The average Bonchev–Trinajstić information content (AvgIpc) is 3.64. The molecule has 2 saturated heterocycles. The SMILES string of the molecule is CNC(=O)C(CCC=O)NCc1cc2c(cc1COC)OCC21CCN(Cc2ccnc(N3CCCC3)n2)CC1. The Hall–Kier alpha value is -3.08. The molecule has 10 nitrogen and oxygen atoms in total. The van der Waals surface area contributed by atoms with E-state index in [1.165, 1.54) is 18.4 Å². The van der Waals surface area contributed by atoms with Gasteiger partial charge in [0.25, 0.3) is 0 Å². The molecule has 0 aliphatic carbocycles. The minimum atomic E-state index is -0.430. The molecule has 4 heterocycles. The highest BCUT2D eigenvalue weighted by Crippen LogP contribution is 2.46. The van der Waals surface area contributed by atoms with E-state index in [0.29, 0.717) is 32.6 Å². The minimum absolute atomic E-state index is 0.0176. The predicted octanol–water partition coefficient (Wildman–Crippen LogP) is 2.33. The van der Waals surface area contributed by atoms with E-state index >= 15 is 0 Å². The summed E-state index contributed by atoms with van der Waals surface area (Å²) in [4.78, 5) is 37.4. The Labute approximate surface area is 236 Å². The maximum atomic E-state index is 12.4. The maximum Gasteiger partial charge on any atom is 0.236 e. The molecule has 2 N–H and O–H groups in total. The Morgan fingerprint density at radius 1 is 1.20 bits per heavy atom. The van der Waals surface area contributed by atoms with E-state index < -0.39 is 6.04 Å². The molecule has 10 heteroatoms. The molecule has 1 aromatic heterocycles. The topological polar surface area (TPSA) is 109 Å². The van der Waals surface area contributed by atoms with Crippen molar-refractivity contribution in [1.29, 1.82) is 0 Å². The van der Waals surface area contributed by atoms with Crippen LogP contribution in [0.4, 0.5) is 5.95 Å². The number of likely N-dealkylation sites (tertiary alicyclic amines) is 1. The third-order valence-electron chi connectivity index (χ3n) is 8.64. The van der Waals surface area contributed by atoms with Crippen LogP contribution in [0.2, 0.25) is 0 Å². The van der Waals surface area contributed by atoms with Crippen LogP contribution in [0.15, 0.2) is 24.4 Å². The van der Waals surface area contributed by atoms with Gasteiger partial charge < -0.3 is 29.8 Å². The number of benzene rings is 1. The maximum absolute atomic E-state index is 12.4. The van der Waals surface area contributed by atoms with E-state index in [9.17, 15) is 9.59 Å². The van der Waals surface area contributed by atoms with Gasteiger partial charge in [0, 0.05) is 63.9 Å². The molecule has 2 fully saturated rings. The van der Waals surface area contributed by atoms with Crippen molar-refractivity contribution in [3.63, 3.8) is 0 Å². The highest BCUT2D eigenvalue weighted by molar-refractivity contribution is 5.81. The van der Waals surface area contributed by atoms with Crippen molar-refractivity contribution in [2.75, 3.05) is 51.8 Å². The van der Waals surface area contributed by atoms with Gasteiger partial charge in [0.1, 0.15) is 12.0 Å². The van der Waals surface area contributed by atoms with E-state index in [-0.39, 0.29) is 11.3 Å². The number of nitrogens with one attached hydrogen (secondary N) is 2. The average molecular weight is 551 g/mol. The zero-order valence-corrected chi connectivity index (χ0v) is 23.8. The van der Waals surface area contributed by atoms with Gasteiger partial charge in [0.2, 0.25) is 11.9 Å². The van der Waals surface area contributed by atoms with Crippen LogP contribution in [0.1, 0.15) is 60.9 Å². The van der Waals surface area contributed by atoms with Gasteiger partial charge in [-0.15, -0.1) is 0 Å². The highest BCUT2D eigenvalue weighted by atomic mass is 16.5.